The molecule has 1 unspecified atom stereocenters. The monoisotopic (exact) mass is 410 g/mol. The lowest BCUT2D eigenvalue weighted by Crippen LogP contribution is -3.20. The maximum absolute atomic E-state index is 12.9. The lowest BCUT2D eigenvalue weighted by Gasteiger charge is -2.46. The van der Waals surface area contributed by atoms with Crippen molar-refractivity contribution in [2.24, 2.45) is 11.8 Å². The molecule has 1 amide bonds. The van der Waals surface area contributed by atoms with E-state index in [1.54, 1.807) is 0 Å². The molecule has 0 spiro atoms. The Morgan fingerprint density at radius 1 is 1.23 bits per heavy atom. The molecule has 1 aromatic carbocycles. The van der Waals surface area contributed by atoms with Crippen LogP contribution >= 0.6 is 0 Å². The SMILES string of the molecule is O=C(Nc1ccccc1)[C@H]1C[NH+]2CC[C@@H]1C[C@@H]2Cn1cc(C2(O)CCCCC2)nn1. The zero-order valence-electron chi connectivity index (χ0n) is 17.5. The first kappa shape index (κ1) is 19.7. The van der Waals surface area contributed by atoms with E-state index in [9.17, 15) is 9.90 Å². The summed E-state index contributed by atoms with van der Waals surface area (Å²) in [4.78, 5) is 14.4. The molecule has 4 atom stereocenters. The summed E-state index contributed by atoms with van der Waals surface area (Å²) < 4.78 is 1.92. The number of rotatable bonds is 5. The number of carbonyl (C=O) groups is 1. The zero-order valence-corrected chi connectivity index (χ0v) is 17.5. The molecule has 1 saturated carbocycles. The number of fused-ring (bicyclic) bond motifs is 3. The molecule has 4 fully saturated rings. The molecule has 7 nitrogen and oxygen atoms in total. The lowest BCUT2D eigenvalue weighted by molar-refractivity contribution is -0.945. The Hall–Kier alpha value is -2.25. The largest absolute Gasteiger partial charge is 0.383 e. The van der Waals surface area contributed by atoms with Crippen molar-refractivity contribution in [1.82, 2.24) is 15.0 Å². The third-order valence-electron chi connectivity index (χ3n) is 7.53. The molecule has 2 bridgehead atoms. The molecule has 6 rings (SSSR count). The second-order valence-corrected chi connectivity index (χ2v) is 9.47. The fraction of sp³-hybridized carbons (Fsp3) is 0.609. The number of hydrogen-bond acceptors (Lipinski definition) is 4. The van der Waals surface area contributed by atoms with Crippen molar-refractivity contribution in [3.05, 3.63) is 42.2 Å². The van der Waals surface area contributed by atoms with Gasteiger partial charge in [0.05, 0.1) is 31.7 Å². The number of nitrogens with zero attached hydrogens (tertiary/aromatic N) is 3. The molecule has 160 valence electrons. The molecule has 1 aromatic heterocycles. The molecule has 4 heterocycles. The number of piperidine rings is 3. The van der Waals surface area contributed by atoms with Gasteiger partial charge in [-0.1, -0.05) is 42.7 Å². The van der Waals surface area contributed by atoms with E-state index in [4.69, 9.17) is 0 Å². The molecule has 4 aliphatic rings. The van der Waals surface area contributed by atoms with Crippen LogP contribution in [0.5, 0.6) is 0 Å². The number of quaternary nitrogens is 1. The molecule has 3 N–H and O–H groups in total. The number of amides is 1. The van der Waals surface area contributed by atoms with Gasteiger partial charge in [0.25, 0.3) is 0 Å². The van der Waals surface area contributed by atoms with Crippen LogP contribution in [0.4, 0.5) is 5.69 Å². The van der Waals surface area contributed by atoms with Crippen LogP contribution in [0.2, 0.25) is 0 Å². The van der Waals surface area contributed by atoms with E-state index < -0.39 is 5.60 Å². The number of aromatic nitrogens is 3. The Morgan fingerprint density at radius 3 is 2.77 bits per heavy atom. The molecule has 2 aromatic rings. The Labute approximate surface area is 177 Å². The minimum Gasteiger partial charge on any atom is -0.383 e. The number of nitrogens with one attached hydrogen (secondary N) is 2. The normalized spacial score (nSPS) is 30.2. The molecule has 3 saturated heterocycles. The van der Waals surface area contributed by atoms with Crippen molar-refractivity contribution in [1.29, 1.82) is 0 Å². The van der Waals surface area contributed by atoms with E-state index in [-0.39, 0.29) is 11.8 Å². The summed E-state index contributed by atoms with van der Waals surface area (Å²) in [6.45, 7) is 2.82. The maximum atomic E-state index is 12.9. The zero-order chi connectivity index (χ0) is 20.6. The quantitative estimate of drug-likeness (QED) is 0.695. The third kappa shape index (κ3) is 3.88. The minimum absolute atomic E-state index is 0.0828. The van der Waals surface area contributed by atoms with Crippen LogP contribution in [-0.2, 0) is 16.9 Å². The van der Waals surface area contributed by atoms with Crippen molar-refractivity contribution < 1.29 is 14.8 Å². The first-order valence-electron chi connectivity index (χ1n) is 11.4. The number of carbonyl (C=O) groups excluding carboxylic acids is 1. The number of para-hydroxylation sites is 1. The summed E-state index contributed by atoms with van der Waals surface area (Å²) >= 11 is 0. The molecule has 1 aliphatic carbocycles. The van der Waals surface area contributed by atoms with Crippen LogP contribution in [0.1, 0.15) is 50.6 Å². The van der Waals surface area contributed by atoms with E-state index in [1.165, 1.54) is 11.3 Å². The number of anilines is 1. The van der Waals surface area contributed by atoms with Crippen LogP contribution in [0.3, 0.4) is 0 Å². The van der Waals surface area contributed by atoms with Crippen LogP contribution in [0, 0.1) is 11.8 Å². The highest BCUT2D eigenvalue weighted by Crippen LogP contribution is 2.35. The highest BCUT2D eigenvalue weighted by Gasteiger charge is 2.46. The number of hydrogen-bond donors (Lipinski definition) is 3. The van der Waals surface area contributed by atoms with Crippen LogP contribution in [0.15, 0.2) is 36.5 Å². The molecule has 30 heavy (non-hydrogen) atoms. The van der Waals surface area contributed by atoms with E-state index in [1.807, 2.05) is 41.2 Å². The van der Waals surface area contributed by atoms with E-state index in [0.29, 0.717) is 12.0 Å². The number of aliphatic hydroxyl groups is 1. The maximum Gasteiger partial charge on any atom is 0.233 e. The van der Waals surface area contributed by atoms with E-state index in [2.05, 4.69) is 15.6 Å². The Morgan fingerprint density at radius 2 is 2.03 bits per heavy atom. The van der Waals surface area contributed by atoms with Crippen molar-refractivity contribution in [2.45, 2.75) is 63.1 Å². The molecular formula is C23H32N5O2+. The summed E-state index contributed by atoms with van der Waals surface area (Å²) in [5, 5.41) is 22.7. The Balaban J connectivity index is 1.21. The Kier molecular flexibility index (Phi) is 5.33. The van der Waals surface area contributed by atoms with Gasteiger partial charge in [0.15, 0.2) is 0 Å². The van der Waals surface area contributed by atoms with Gasteiger partial charge in [-0.2, -0.15) is 0 Å². The summed E-state index contributed by atoms with van der Waals surface area (Å²) in [6, 6.07) is 10.2. The second kappa shape index (κ2) is 8.12. The average Bonchev–Trinajstić information content (AvgIpc) is 3.25. The van der Waals surface area contributed by atoms with Crippen LogP contribution < -0.4 is 10.2 Å². The average molecular weight is 411 g/mol. The smallest absolute Gasteiger partial charge is 0.233 e. The van der Waals surface area contributed by atoms with E-state index in [0.717, 1.165) is 69.5 Å². The molecule has 7 heteroatoms. The molecular weight excluding hydrogens is 378 g/mol. The first-order chi connectivity index (χ1) is 14.6. The summed E-state index contributed by atoms with van der Waals surface area (Å²) in [7, 11) is 0. The highest BCUT2D eigenvalue weighted by atomic mass is 16.3. The predicted molar refractivity (Wildman–Crippen MR) is 113 cm³/mol. The fourth-order valence-corrected chi connectivity index (χ4v) is 5.79. The van der Waals surface area contributed by atoms with Gasteiger partial charge in [-0.15, -0.1) is 5.10 Å². The van der Waals surface area contributed by atoms with Gasteiger partial charge in [0.2, 0.25) is 5.91 Å². The van der Waals surface area contributed by atoms with Crippen LogP contribution in [-0.4, -0.2) is 45.1 Å². The summed E-state index contributed by atoms with van der Waals surface area (Å²) in [6.07, 6.45) is 8.98. The lowest BCUT2D eigenvalue weighted by atomic mass is 9.75. The van der Waals surface area contributed by atoms with Gasteiger partial charge in [-0.3, -0.25) is 4.79 Å². The summed E-state index contributed by atoms with van der Waals surface area (Å²) in [5.74, 6) is 0.672. The standard InChI is InChI=1S/C23H31N5O2/c29-22(24-18-7-3-1-4-8-18)20-15-27-12-9-17(20)13-19(27)14-28-16-21(25-26-28)23(30)10-5-2-6-11-23/h1,3-4,7-8,16-17,19-20,30H,2,5-6,9-15H2,(H,24,29)/p+1/t17-,19-,20+/m1/s1. The number of benzene rings is 1. The van der Waals surface area contributed by atoms with Crippen molar-refractivity contribution in [3.63, 3.8) is 0 Å². The van der Waals surface area contributed by atoms with Crippen molar-refractivity contribution >= 4 is 11.6 Å². The fourth-order valence-electron chi connectivity index (χ4n) is 5.79. The van der Waals surface area contributed by atoms with Gasteiger partial charge in [0, 0.05) is 18.5 Å². The molecule has 0 radical (unpaired) electrons. The van der Waals surface area contributed by atoms with Gasteiger partial charge < -0.3 is 15.3 Å². The Bertz CT molecular complexity index is 877. The highest BCUT2D eigenvalue weighted by molar-refractivity contribution is 5.92. The third-order valence-corrected chi connectivity index (χ3v) is 7.53. The minimum atomic E-state index is -0.796. The van der Waals surface area contributed by atoms with Gasteiger partial charge >= 0.3 is 0 Å². The van der Waals surface area contributed by atoms with Gasteiger partial charge in [-0.25, -0.2) is 4.68 Å². The second-order valence-electron chi connectivity index (χ2n) is 9.47. The van der Waals surface area contributed by atoms with E-state index >= 15 is 0 Å². The van der Waals surface area contributed by atoms with Crippen molar-refractivity contribution in [3.8, 4) is 0 Å². The first-order valence-corrected chi connectivity index (χ1v) is 11.4. The van der Waals surface area contributed by atoms with Gasteiger partial charge in [0.1, 0.15) is 17.3 Å². The topological polar surface area (TPSA) is 84.5 Å². The molecule has 3 aliphatic heterocycles. The van der Waals surface area contributed by atoms with Gasteiger partial charge in [-0.05, 0) is 30.9 Å². The predicted octanol–water partition coefficient (Wildman–Crippen LogP) is 1.36. The van der Waals surface area contributed by atoms with Crippen LogP contribution in [0.25, 0.3) is 0 Å². The van der Waals surface area contributed by atoms with Crippen molar-refractivity contribution in [2.75, 3.05) is 18.4 Å². The summed E-state index contributed by atoms with van der Waals surface area (Å²) in [5.41, 5.74) is 0.810.